The first kappa shape index (κ1) is 14.7. The number of nitrogens with one attached hydrogen (secondary N) is 1. The molecule has 0 radical (unpaired) electrons. The van der Waals surface area contributed by atoms with Crippen LogP contribution < -0.4 is 10.6 Å². The van der Waals surface area contributed by atoms with Crippen LogP contribution in [-0.4, -0.2) is 30.3 Å². The second-order valence-electron chi connectivity index (χ2n) is 5.80. The van der Waals surface area contributed by atoms with Gasteiger partial charge in [0, 0.05) is 23.8 Å². The summed E-state index contributed by atoms with van der Waals surface area (Å²) >= 11 is 0. The van der Waals surface area contributed by atoms with Gasteiger partial charge in [-0.2, -0.15) is 0 Å². The minimum Gasteiger partial charge on any atom is -0.443 e. The minimum absolute atomic E-state index is 0.249. The monoisotopic (exact) mass is 325 g/mol. The van der Waals surface area contributed by atoms with Crippen LogP contribution in [0.25, 0.3) is 22.0 Å². The van der Waals surface area contributed by atoms with E-state index >= 15 is 0 Å². The molecule has 1 saturated heterocycles. The Bertz CT molecular complexity index is 922. The van der Waals surface area contributed by atoms with Crippen LogP contribution in [0.4, 0.5) is 14.9 Å². The summed E-state index contributed by atoms with van der Waals surface area (Å²) < 4.78 is 19.7. The molecule has 1 aliphatic heterocycles. The number of aromatic nitrogens is 1. The number of carbonyl (C=O) groups excluding carboxylic acids is 1. The Kier molecular flexibility index (Phi) is 3.46. The molecule has 1 fully saturated rings. The van der Waals surface area contributed by atoms with E-state index in [-0.39, 0.29) is 18.5 Å². The molecule has 3 N–H and O–H groups in total. The number of benzene rings is 2. The summed E-state index contributed by atoms with van der Waals surface area (Å²) in [7, 11) is 0. The Morgan fingerprint density at radius 2 is 2.12 bits per heavy atom. The highest BCUT2D eigenvalue weighted by atomic mass is 19.1. The van der Waals surface area contributed by atoms with Crippen LogP contribution in [0, 0.1) is 5.82 Å². The summed E-state index contributed by atoms with van der Waals surface area (Å²) in [6, 6.07) is 12.4. The fourth-order valence-electron chi connectivity index (χ4n) is 2.98. The second kappa shape index (κ2) is 5.65. The van der Waals surface area contributed by atoms with Gasteiger partial charge in [0.15, 0.2) is 0 Å². The lowest BCUT2D eigenvalue weighted by molar-refractivity contribution is 0.145. The number of aromatic amines is 1. The fraction of sp³-hybridized carbons (Fsp3) is 0.167. The summed E-state index contributed by atoms with van der Waals surface area (Å²) in [5.41, 5.74) is 8.20. The van der Waals surface area contributed by atoms with Crippen molar-refractivity contribution in [1.29, 1.82) is 0 Å². The van der Waals surface area contributed by atoms with Crippen molar-refractivity contribution in [2.45, 2.75) is 6.10 Å². The first-order valence-corrected chi connectivity index (χ1v) is 7.71. The van der Waals surface area contributed by atoms with Crippen LogP contribution in [0.1, 0.15) is 0 Å². The number of nitrogens with two attached hydrogens (primary N) is 1. The highest BCUT2D eigenvalue weighted by molar-refractivity contribution is 5.90. The van der Waals surface area contributed by atoms with E-state index in [9.17, 15) is 9.18 Å². The van der Waals surface area contributed by atoms with Gasteiger partial charge < -0.3 is 15.5 Å². The standard InChI is InChI=1S/C18H16FN3O2/c19-16-8-13(22-10-14(9-20)24-18(22)23)3-4-15(16)12-2-1-11-5-6-21-17(11)7-12/h1-8,14,21H,9-10,20H2. The van der Waals surface area contributed by atoms with Crippen molar-refractivity contribution < 1.29 is 13.9 Å². The van der Waals surface area contributed by atoms with Crippen LogP contribution in [0.5, 0.6) is 0 Å². The Hall–Kier alpha value is -2.86. The molecule has 1 atom stereocenters. The van der Waals surface area contributed by atoms with Gasteiger partial charge in [0.2, 0.25) is 0 Å². The van der Waals surface area contributed by atoms with Gasteiger partial charge in [-0.15, -0.1) is 0 Å². The number of H-pyrrole nitrogens is 1. The summed E-state index contributed by atoms with van der Waals surface area (Å²) in [6.45, 7) is 0.585. The molecule has 6 heteroatoms. The summed E-state index contributed by atoms with van der Waals surface area (Å²) in [5, 5.41) is 1.07. The maximum Gasteiger partial charge on any atom is 0.414 e. The lowest BCUT2D eigenvalue weighted by Gasteiger charge is -2.14. The maximum absolute atomic E-state index is 14.6. The van der Waals surface area contributed by atoms with Crippen LogP contribution in [0.2, 0.25) is 0 Å². The van der Waals surface area contributed by atoms with E-state index in [1.54, 1.807) is 12.1 Å². The summed E-state index contributed by atoms with van der Waals surface area (Å²) in [6.07, 6.45) is 1.00. The number of hydrogen-bond acceptors (Lipinski definition) is 3. The normalized spacial score (nSPS) is 17.5. The molecule has 1 aromatic heterocycles. The molecule has 2 aromatic carbocycles. The van der Waals surface area contributed by atoms with Crippen LogP contribution in [0.15, 0.2) is 48.7 Å². The summed E-state index contributed by atoms with van der Waals surface area (Å²) in [4.78, 5) is 16.4. The van der Waals surface area contributed by atoms with Gasteiger partial charge in [-0.1, -0.05) is 12.1 Å². The molecular weight excluding hydrogens is 309 g/mol. The number of carbonyl (C=O) groups is 1. The number of halogens is 1. The van der Waals surface area contributed by atoms with Crippen molar-refractivity contribution >= 4 is 22.7 Å². The van der Waals surface area contributed by atoms with Crippen LogP contribution in [0.3, 0.4) is 0 Å². The highest BCUT2D eigenvalue weighted by Gasteiger charge is 2.31. The van der Waals surface area contributed by atoms with E-state index in [0.717, 1.165) is 16.5 Å². The molecule has 1 amide bonds. The number of anilines is 1. The van der Waals surface area contributed by atoms with Gasteiger partial charge in [0.25, 0.3) is 0 Å². The third-order valence-corrected chi connectivity index (χ3v) is 4.27. The predicted octanol–water partition coefficient (Wildman–Crippen LogP) is 3.26. The molecule has 0 spiro atoms. The van der Waals surface area contributed by atoms with E-state index in [1.165, 1.54) is 11.0 Å². The molecule has 1 unspecified atom stereocenters. The first-order valence-electron chi connectivity index (χ1n) is 7.71. The highest BCUT2D eigenvalue weighted by Crippen LogP contribution is 2.30. The average molecular weight is 325 g/mol. The molecule has 0 saturated carbocycles. The van der Waals surface area contributed by atoms with E-state index in [2.05, 4.69) is 4.98 Å². The Labute approximate surface area is 137 Å². The number of rotatable bonds is 3. The van der Waals surface area contributed by atoms with Crippen LogP contribution in [-0.2, 0) is 4.74 Å². The number of ether oxygens (including phenoxy) is 1. The van der Waals surface area contributed by atoms with Crippen molar-refractivity contribution in [1.82, 2.24) is 4.98 Å². The van der Waals surface area contributed by atoms with Gasteiger partial charge in [0.05, 0.1) is 12.2 Å². The van der Waals surface area contributed by atoms with Gasteiger partial charge >= 0.3 is 6.09 Å². The van der Waals surface area contributed by atoms with Crippen molar-refractivity contribution in [3.63, 3.8) is 0 Å². The number of cyclic esters (lactones) is 1. The molecule has 5 nitrogen and oxygen atoms in total. The maximum atomic E-state index is 14.6. The van der Waals surface area contributed by atoms with Crippen molar-refractivity contribution in [3.05, 3.63) is 54.5 Å². The second-order valence-corrected chi connectivity index (χ2v) is 5.80. The Morgan fingerprint density at radius 1 is 1.25 bits per heavy atom. The largest absolute Gasteiger partial charge is 0.443 e. The lowest BCUT2D eigenvalue weighted by atomic mass is 10.0. The average Bonchev–Trinajstić information content (AvgIpc) is 3.20. The van der Waals surface area contributed by atoms with E-state index in [4.69, 9.17) is 10.5 Å². The first-order chi connectivity index (χ1) is 11.7. The van der Waals surface area contributed by atoms with E-state index in [1.807, 2.05) is 30.5 Å². The number of amides is 1. The van der Waals surface area contributed by atoms with E-state index < -0.39 is 6.09 Å². The van der Waals surface area contributed by atoms with Gasteiger partial charge in [0.1, 0.15) is 11.9 Å². The van der Waals surface area contributed by atoms with Crippen LogP contribution >= 0.6 is 0 Å². The van der Waals surface area contributed by atoms with Gasteiger partial charge in [-0.05, 0) is 41.3 Å². The van der Waals surface area contributed by atoms with Crippen molar-refractivity contribution in [3.8, 4) is 11.1 Å². The molecule has 3 aromatic rings. The van der Waals surface area contributed by atoms with Crippen molar-refractivity contribution in [2.75, 3.05) is 18.0 Å². The third-order valence-electron chi connectivity index (χ3n) is 4.27. The molecule has 24 heavy (non-hydrogen) atoms. The zero-order chi connectivity index (χ0) is 16.7. The van der Waals surface area contributed by atoms with E-state index in [0.29, 0.717) is 17.8 Å². The Balaban J connectivity index is 1.68. The summed E-state index contributed by atoms with van der Waals surface area (Å²) in [5.74, 6) is -0.387. The lowest BCUT2D eigenvalue weighted by Crippen LogP contribution is -2.27. The smallest absolute Gasteiger partial charge is 0.414 e. The molecule has 4 rings (SSSR count). The minimum atomic E-state index is -0.495. The van der Waals surface area contributed by atoms with Gasteiger partial charge in [-0.25, -0.2) is 9.18 Å². The zero-order valence-electron chi connectivity index (χ0n) is 12.8. The molecule has 0 bridgehead atoms. The number of hydrogen-bond donors (Lipinski definition) is 2. The van der Waals surface area contributed by atoms with Crippen molar-refractivity contribution in [2.24, 2.45) is 5.73 Å². The van der Waals surface area contributed by atoms with Gasteiger partial charge in [-0.3, -0.25) is 4.90 Å². The zero-order valence-corrected chi connectivity index (χ0v) is 12.8. The molecular formula is C18H16FN3O2. The number of fused-ring (bicyclic) bond motifs is 1. The molecule has 1 aliphatic rings. The molecule has 2 heterocycles. The quantitative estimate of drug-likeness (QED) is 0.776. The Morgan fingerprint density at radius 3 is 2.88 bits per heavy atom. The number of nitrogens with zero attached hydrogens (tertiary/aromatic N) is 1. The SMILES string of the molecule is NCC1CN(c2ccc(-c3ccc4cc[nH]c4c3)c(F)c2)C(=O)O1. The molecule has 0 aliphatic carbocycles. The third kappa shape index (κ3) is 2.41. The topological polar surface area (TPSA) is 71.3 Å². The predicted molar refractivity (Wildman–Crippen MR) is 90.4 cm³/mol. The fourth-order valence-corrected chi connectivity index (χ4v) is 2.98. The molecule has 122 valence electrons.